The van der Waals surface area contributed by atoms with Gasteiger partial charge in [-0.05, 0) is 29.7 Å². The molecule has 0 radical (unpaired) electrons. The van der Waals surface area contributed by atoms with Crippen LogP contribution in [-0.4, -0.2) is 28.8 Å². The smallest absolute Gasteiger partial charge is 0.379 e. The molecule has 3 rings (SSSR count). The number of halogens is 3. The van der Waals surface area contributed by atoms with Crippen molar-refractivity contribution >= 4 is 17.3 Å². The van der Waals surface area contributed by atoms with Crippen molar-refractivity contribution in [2.75, 3.05) is 18.4 Å². The molecule has 148 valence electrons. The number of nitro groups is 1. The molecule has 0 fully saturated rings. The van der Waals surface area contributed by atoms with Gasteiger partial charge in [0, 0.05) is 32.1 Å². The number of anilines is 1. The van der Waals surface area contributed by atoms with Crippen molar-refractivity contribution in [2.45, 2.75) is 25.6 Å². The van der Waals surface area contributed by atoms with Crippen molar-refractivity contribution in [1.82, 2.24) is 4.90 Å². The van der Waals surface area contributed by atoms with Gasteiger partial charge in [0.05, 0.1) is 10.5 Å². The first-order valence-corrected chi connectivity index (χ1v) is 8.70. The van der Waals surface area contributed by atoms with Gasteiger partial charge in [0.1, 0.15) is 5.69 Å². The summed E-state index contributed by atoms with van der Waals surface area (Å²) in [7, 11) is 0. The number of hydrogen-bond acceptors (Lipinski definition) is 4. The van der Waals surface area contributed by atoms with E-state index < -0.39 is 22.4 Å². The zero-order valence-corrected chi connectivity index (χ0v) is 14.8. The highest BCUT2D eigenvalue weighted by atomic mass is 19.4. The van der Waals surface area contributed by atoms with Crippen LogP contribution in [0.3, 0.4) is 0 Å². The molecule has 0 saturated heterocycles. The lowest BCUT2D eigenvalue weighted by atomic mass is 10.00. The summed E-state index contributed by atoms with van der Waals surface area (Å²) in [6.45, 7) is 1.19. The predicted octanol–water partition coefficient (Wildman–Crippen LogP) is 4.00. The molecule has 0 spiro atoms. The van der Waals surface area contributed by atoms with E-state index in [0.717, 1.165) is 24.1 Å². The van der Waals surface area contributed by atoms with Crippen molar-refractivity contribution in [2.24, 2.45) is 0 Å². The fourth-order valence-electron chi connectivity index (χ4n) is 3.18. The number of hydrogen-bond donors (Lipinski definition) is 1. The maximum Gasteiger partial charge on any atom is 0.416 e. The van der Waals surface area contributed by atoms with Crippen molar-refractivity contribution in [3.05, 3.63) is 69.3 Å². The standard InChI is InChI=1S/C19H18F3N3O3/c20-19(21,22)15-5-6-16(17(11-15)25(27)28)23-9-7-18(26)24-10-8-13-3-1-2-4-14(13)12-24/h1-6,11,23H,7-10,12H2. The summed E-state index contributed by atoms with van der Waals surface area (Å²) in [5, 5.41) is 13.8. The van der Waals surface area contributed by atoms with Gasteiger partial charge in [-0.25, -0.2) is 0 Å². The van der Waals surface area contributed by atoms with Crippen LogP contribution < -0.4 is 5.32 Å². The largest absolute Gasteiger partial charge is 0.416 e. The van der Waals surface area contributed by atoms with E-state index in [1.165, 1.54) is 5.56 Å². The Balaban J connectivity index is 1.60. The van der Waals surface area contributed by atoms with E-state index in [1.807, 2.05) is 24.3 Å². The van der Waals surface area contributed by atoms with Crippen LogP contribution in [0.1, 0.15) is 23.1 Å². The molecule has 2 aromatic carbocycles. The first kappa shape index (κ1) is 19.7. The Morgan fingerprint density at radius 2 is 1.89 bits per heavy atom. The third-order valence-corrected chi connectivity index (χ3v) is 4.66. The number of rotatable bonds is 5. The number of fused-ring (bicyclic) bond motifs is 1. The van der Waals surface area contributed by atoms with Gasteiger partial charge >= 0.3 is 6.18 Å². The molecule has 9 heteroatoms. The first-order chi connectivity index (χ1) is 13.3. The molecule has 28 heavy (non-hydrogen) atoms. The van der Waals surface area contributed by atoms with Gasteiger partial charge in [-0.1, -0.05) is 24.3 Å². The molecular formula is C19H18F3N3O3. The van der Waals surface area contributed by atoms with E-state index in [-0.39, 0.29) is 24.6 Å². The minimum atomic E-state index is -4.66. The van der Waals surface area contributed by atoms with E-state index in [4.69, 9.17) is 0 Å². The molecule has 0 aliphatic carbocycles. The van der Waals surface area contributed by atoms with Crippen molar-refractivity contribution in [1.29, 1.82) is 0 Å². The number of carbonyl (C=O) groups is 1. The number of nitro benzene ring substituents is 1. The summed E-state index contributed by atoms with van der Waals surface area (Å²) in [6.07, 6.45) is -3.82. The molecule has 1 heterocycles. The fourth-order valence-corrected chi connectivity index (χ4v) is 3.18. The highest BCUT2D eigenvalue weighted by Gasteiger charge is 2.33. The Morgan fingerprint density at radius 3 is 2.57 bits per heavy atom. The summed E-state index contributed by atoms with van der Waals surface area (Å²) in [5.74, 6) is -0.114. The highest BCUT2D eigenvalue weighted by molar-refractivity contribution is 5.77. The average Bonchev–Trinajstić information content (AvgIpc) is 2.66. The average molecular weight is 393 g/mol. The Bertz CT molecular complexity index is 899. The number of benzene rings is 2. The van der Waals surface area contributed by atoms with Gasteiger partial charge in [-0.15, -0.1) is 0 Å². The van der Waals surface area contributed by atoms with Crippen molar-refractivity contribution in [3.63, 3.8) is 0 Å². The first-order valence-electron chi connectivity index (χ1n) is 8.70. The molecule has 0 bridgehead atoms. The topological polar surface area (TPSA) is 75.5 Å². The van der Waals surface area contributed by atoms with Crippen molar-refractivity contribution in [3.8, 4) is 0 Å². The van der Waals surface area contributed by atoms with E-state index in [9.17, 15) is 28.1 Å². The zero-order valence-electron chi connectivity index (χ0n) is 14.8. The number of alkyl halides is 3. The molecule has 1 aliphatic rings. The second-order valence-electron chi connectivity index (χ2n) is 6.50. The molecule has 0 aromatic heterocycles. The Hall–Kier alpha value is -3.10. The molecule has 1 amide bonds. The van der Waals surface area contributed by atoms with E-state index in [0.29, 0.717) is 19.2 Å². The number of amides is 1. The molecule has 6 nitrogen and oxygen atoms in total. The van der Waals surface area contributed by atoms with Crippen LogP contribution in [0.25, 0.3) is 0 Å². The lowest BCUT2D eigenvalue weighted by molar-refractivity contribution is -0.384. The monoisotopic (exact) mass is 393 g/mol. The van der Waals surface area contributed by atoms with Crippen LogP contribution in [0, 0.1) is 10.1 Å². The molecule has 1 aliphatic heterocycles. The van der Waals surface area contributed by atoms with Crippen LogP contribution in [-0.2, 0) is 23.9 Å². The van der Waals surface area contributed by atoms with Gasteiger partial charge in [0.2, 0.25) is 5.91 Å². The molecule has 0 atom stereocenters. The zero-order chi connectivity index (χ0) is 20.3. The summed E-state index contributed by atoms with van der Waals surface area (Å²) in [4.78, 5) is 24.3. The normalized spacial score (nSPS) is 13.8. The third-order valence-electron chi connectivity index (χ3n) is 4.66. The molecule has 0 unspecified atom stereocenters. The number of nitrogens with one attached hydrogen (secondary N) is 1. The third kappa shape index (κ3) is 4.41. The van der Waals surface area contributed by atoms with Gasteiger partial charge in [0.25, 0.3) is 5.69 Å². The van der Waals surface area contributed by atoms with E-state index >= 15 is 0 Å². The molecule has 2 aromatic rings. The van der Waals surface area contributed by atoms with E-state index in [1.54, 1.807) is 4.90 Å². The predicted molar refractivity (Wildman–Crippen MR) is 96.8 cm³/mol. The SMILES string of the molecule is O=C(CCNc1ccc(C(F)(F)F)cc1[N+](=O)[O-])N1CCc2ccccc2C1. The second kappa shape index (κ2) is 7.87. The molecule has 1 N–H and O–H groups in total. The summed E-state index contributed by atoms with van der Waals surface area (Å²) < 4.78 is 38.2. The maximum absolute atomic E-state index is 12.7. The Morgan fingerprint density at radius 1 is 1.18 bits per heavy atom. The highest BCUT2D eigenvalue weighted by Crippen LogP contribution is 2.35. The molecule has 0 saturated carbocycles. The van der Waals surface area contributed by atoms with Crippen LogP contribution in [0.5, 0.6) is 0 Å². The lowest BCUT2D eigenvalue weighted by Crippen LogP contribution is -2.36. The van der Waals surface area contributed by atoms with Crippen molar-refractivity contribution < 1.29 is 22.9 Å². The van der Waals surface area contributed by atoms with Gasteiger partial charge in [-0.2, -0.15) is 13.2 Å². The van der Waals surface area contributed by atoms with Crippen LogP contribution >= 0.6 is 0 Å². The maximum atomic E-state index is 12.7. The Kier molecular flexibility index (Phi) is 5.53. The van der Waals surface area contributed by atoms with Gasteiger partial charge in [0.15, 0.2) is 0 Å². The summed E-state index contributed by atoms with van der Waals surface area (Å²) in [6, 6.07) is 10.2. The summed E-state index contributed by atoms with van der Waals surface area (Å²) >= 11 is 0. The van der Waals surface area contributed by atoms with Gasteiger partial charge < -0.3 is 10.2 Å². The van der Waals surface area contributed by atoms with E-state index in [2.05, 4.69) is 5.32 Å². The second-order valence-corrected chi connectivity index (χ2v) is 6.50. The lowest BCUT2D eigenvalue weighted by Gasteiger charge is -2.29. The summed E-state index contributed by atoms with van der Waals surface area (Å²) in [5.41, 5.74) is 0.496. The molecular weight excluding hydrogens is 375 g/mol. The van der Waals surface area contributed by atoms with Crippen LogP contribution in [0.4, 0.5) is 24.5 Å². The minimum Gasteiger partial charge on any atom is -0.379 e. The van der Waals surface area contributed by atoms with Crippen LogP contribution in [0.2, 0.25) is 0 Å². The quantitative estimate of drug-likeness (QED) is 0.615. The fraction of sp³-hybridized carbons (Fsp3) is 0.316. The van der Waals surface area contributed by atoms with Crippen LogP contribution in [0.15, 0.2) is 42.5 Å². The van der Waals surface area contributed by atoms with Gasteiger partial charge in [-0.3, -0.25) is 14.9 Å². The minimum absolute atomic E-state index is 0.0465. The number of carbonyl (C=O) groups excluding carboxylic acids is 1. The Labute approximate surface area is 159 Å². The number of nitrogens with zero attached hydrogens (tertiary/aromatic N) is 2.